The first kappa shape index (κ1) is 23.1. The summed E-state index contributed by atoms with van der Waals surface area (Å²) < 4.78 is 19.9. The third-order valence-corrected chi connectivity index (χ3v) is 6.14. The van der Waals surface area contributed by atoms with E-state index in [1.807, 2.05) is 12.1 Å². The first-order chi connectivity index (χ1) is 15.1. The molecule has 0 N–H and O–H groups in total. The van der Waals surface area contributed by atoms with Gasteiger partial charge < -0.3 is 4.74 Å². The normalized spacial score (nSPS) is 18.2. The fourth-order valence-corrected chi connectivity index (χ4v) is 4.23. The summed E-state index contributed by atoms with van der Waals surface area (Å²) >= 11 is 0. The molecule has 166 valence electrons. The number of unbranched alkanes of at least 4 members (excludes halogenated alkanes) is 1. The highest BCUT2D eigenvalue weighted by Gasteiger charge is 2.27. The Morgan fingerprint density at radius 3 is 2.32 bits per heavy atom. The van der Waals surface area contributed by atoms with Gasteiger partial charge in [0.05, 0.1) is 5.92 Å². The standard InChI is InChI=1S/C28H33FO2.H2/c1-3-5-7-22-8-10-23(11-9-22)12-13-24-16-19-27(26(29)20-24)31-28(30)25-17-14-21(6-4-2)15-18-25;/h8-11,16,19-21,25H,3-7,14-15,17-18H2,1-2H3;1H. The molecule has 0 unspecified atom stereocenters. The maximum atomic E-state index is 14.5. The molecule has 31 heavy (non-hydrogen) atoms. The minimum absolute atomic E-state index is 0. The van der Waals surface area contributed by atoms with Crippen LogP contribution >= 0.6 is 0 Å². The molecule has 1 saturated carbocycles. The van der Waals surface area contributed by atoms with Gasteiger partial charge in [-0.3, -0.25) is 4.79 Å². The molecule has 0 bridgehead atoms. The summed E-state index contributed by atoms with van der Waals surface area (Å²) in [5.74, 6) is 5.80. The van der Waals surface area contributed by atoms with E-state index < -0.39 is 5.82 Å². The molecule has 2 aromatic rings. The Balaban J connectivity index is 0.00000363. The molecule has 2 nitrogen and oxygen atoms in total. The molecule has 0 spiro atoms. The van der Waals surface area contributed by atoms with Gasteiger partial charge in [-0.25, -0.2) is 4.39 Å². The van der Waals surface area contributed by atoms with Gasteiger partial charge in [0.1, 0.15) is 0 Å². The second-order valence-corrected chi connectivity index (χ2v) is 8.62. The maximum Gasteiger partial charge on any atom is 0.314 e. The minimum atomic E-state index is -0.547. The van der Waals surface area contributed by atoms with Gasteiger partial charge in [0, 0.05) is 12.6 Å². The molecular formula is C28H35FO2. The molecule has 0 aliphatic heterocycles. The Hall–Kier alpha value is -2.60. The van der Waals surface area contributed by atoms with Crippen molar-refractivity contribution in [3.05, 3.63) is 65.0 Å². The number of rotatable bonds is 7. The largest absolute Gasteiger partial charge is 0.423 e. The molecule has 1 aliphatic rings. The zero-order valence-corrected chi connectivity index (χ0v) is 18.8. The number of hydrogen-bond acceptors (Lipinski definition) is 2. The summed E-state index contributed by atoms with van der Waals surface area (Å²) in [5, 5.41) is 0. The highest BCUT2D eigenvalue weighted by Crippen LogP contribution is 2.32. The molecule has 2 aromatic carbocycles. The molecule has 0 amide bonds. The third-order valence-electron chi connectivity index (χ3n) is 6.14. The number of carbonyl (C=O) groups is 1. The Morgan fingerprint density at radius 1 is 1.00 bits per heavy atom. The highest BCUT2D eigenvalue weighted by atomic mass is 19.1. The summed E-state index contributed by atoms with van der Waals surface area (Å²) in [7, 11) is 0. The SMILES string of the molecule is CCCCc1ccc(C#Cc2ccc(OC(=O)C3CCC(CCC)CC3)c(F)c2)cc1.[HH]. The van der Waals surface area contributed by atoms with Crippen molar-refractivity contribution in [3.63, 3.8) is 0 Å². The van der Waals surface area contributed by atoms with Gasteiger partial charge in [-0.05, 0) is 80.3 Å². The van der Waals surface area contributed by atoms with E-state index in [2.05, 4.69) is 37.8 Å². The van der Waals surface area contributed by atoms with Crippen LogP contribution in [-0.2, 0) is 11.2 Å². The molecule has 3 rings (SSSR count). The predicted molar refractivity (Wildman–Crippen MR) is 126 cm³/mol. The van der Waals surface area contributed by atoms with Crippen molar-refractivity contribution in [1.29, 1.82) is 0 Å². The second kappa shape index (κ2) is 11.7. The summed E-state index contributed by atoms with van der Waals surface area (Å²) in [6.45, 7) is 4.38. The second-order valence-electron chi connectivity index (χ2n) is 8.62. The number of halogens is 1. The average molecular weight is 423 g/mol. The van der Waals surface area contributed by atoms with Crippen LogP contribution in [0.25, 0.3) is 0 Å². The third kappa shape index (κ3) is 6.96. The van der Waals surface area contributed by atoms with Gasteiger partial charge in [-0.1, -0.05) is 57.1 Å². The van der Waals surface area contributed by atoms with Gasteiger partial charge >= 0.3 is 5.97 Å². The predicted octanol–water partition coefficient (Wildman–Crippen LogP) is 7.33. The monoisotopic (exact) mass is 422 g/mol. The molecular weight excluding hydrogens is 387 g/mol. The fraction of sp³-hybridized carbons (Fsp3) is 0.464. The Labute approximate surface area is 187 Å². The van der Waals surface area contributed by atoms with Gasteiger partial charge in [0.25, 0.3) is 0 Å². The van der Waals surface area contributed by atoms with Crippen LogP contribution < -0.4 is 4.74 Å². The number of ether oxygens (including phenoxy) is 1. The number of benzene rings is 2. The number of esters is 1. The lowest BCUT2D eigenvalue weighted by Gasteiger charge is -2.26. The number of aryl methyl sites for hydroxylation is 1. The van der Waals surface area contributed by atoms with Crippen LogP contribution in [0.5, 0.6) is 5.75 Å². The lowest BCUT2D eigenvalue weighted by Crippen LogP contribution is -2.26. The van der Waals surface area contributed by atoms with E-state index in [1.165, 1.54) is 43.4 Å². The quantitative estimate of drug-likeness (QED) is 0.265. The molecule has 0 aromatic heterocycles. The zero-order valence-electron chi connectivity index (χ0n) is 18.8. The molecule has 0 radical (unpaired) electrons. The van der Waals surface area contributed by atoms with Crippen molar-refractivity contribution in [3.8, 4) is 17.6 Å². The van der Waals surface area contributed by atoms with E-state index in [0.29, 0.717) is 5.56 Å². The molecule has 0 saturated heterocycles. The number of carbonyl (C=O) groups excluding carboxylic acids is 1. The highest BCUT2D eigenvalue weighted by molar-refractivity contribution is 5.75. The molecule has 0 atom stereocenters. The van der Waals surface area contributed by atoms with Crippen LogP contribution in [0.3, 0.4) is 0 Å². The zero-order chi connectivity index (χ0) is 22.1. The van der Waals surface area contributed by atoms with Crippen molar-refractivity contribution >= 4 is 5.97 Å². The Morgan fingerprint density at radius 2 is 1.68 bits per heavy atom. The van der Waals surface area contributed by atoms with E-state index in [9.17, 15) is 9.18 Å². The molecule has 3 heteroatoms. The van der Waals surface area contributed by atoms with Gasteiger partial charge in [0.15, 0.2) is 11.6 Å². The topological polar surface area (TPSA) is 26.3 Å². The van der Waals surface area contributed by atoms with E-state index >= 15 is 0 Å². The van der Waals surface area contributed by atoms with Crippen LogP contribution in [-0.4, -0.2) is 5.97 Å². The fourth-order valence-electron chi connectivity index (χ4n) is 4.23. The van der Waals surface area contributed by atoms with Crippen molar-refractivity contribution in [1.82, 2.24) is 0 Å². The van der Waals surface area contributed by atoms with Gasteiger partial charge in [0.2, 0.25) is 0 Å². The van der Waals surface area contributed by atoms with E-state index in [0.717, 1.165) is 43.6 Å². The smallest absolute Gasteiger partial charge is 0.314 e. The molecule has 1 aliphatic carbocycles. The average Bonchev–Trinajstić information content (AvgIpc) is 2.79. The first-order valence-corrected chi connectivity index (χ1v) is 11.7. The van der Waals surface area contributed by atoms with Gasteiger partial charge in [-0.15, -0.1) is 0 Å². The molecule has 1 fully saturated rings. The lowest BCUT2D eigenvalue weighted by atomic mass is 9.80. The summed E-state index contributed by atoms with van der Waals surface area (Å²) in [6, 6.07) is 12.7. The van der Waals surface area contributed by atoms with Crippen LogP contribution in [0, 0.1) is 29.5 Å². The summed E-state index contributed by atoms with van der Waals surface area (Å²) in [5.41, 5.74) is 2.77. The minimum Gasteiger partial charge on any atom is -0.423 e. The molecule has 0 heterocycles. The summed E-state index contributed by atoms with van der Waals surface area (Å²) in [4.78, 5) is 12.5. The maximum absolute atomic E-state index is 14.5. The van der Waals surface area contributed by atoms with E-state index in [1.54, 1.807) is 6.07 Å². The van der Waals surface area contributed by atoms with Crippen LogP contribution in [0.1, 0.15) is 83.3 Å². The lowest BCUT2D eigenvalue weighted by molar-refractivity contribution is -0.140. The van der Waals surface area contributed by atoms with Crippen LogP contribution in [0.4, 0.5) is 4.39 Å². The Bertz CT molecular complexity index is 919. The van der Waals surface area contributed by atoms with Gasteiger partial charge in [-0.2, -0.15) is 0 Å². The Kier molecular flexibility index (Phi) is 8.71. The van der Waals surface area contributed by atoms with Crippen LogP contribution in [0.2, 0.25) is 0 Å². The van der Waals surface area contributed by atoms with E-state index in [-0.39, 0.29) is 19.1 Å². The van der Waals surface area contributed by atoms with Crippen molar-refractivity contribution in [2.45, 2.75) is 71.6 Å². The van der Waals surface area contributed by atoms with Crippen molar-refractivity contribution in [2.24, 2.45) is 11.8 Å². The summed E-state index contributed by atoms with van der Waals surface area (Å²) in [6.07, 6.45) is 9.65. The van der Waals surface area contributed by atoms with Crippen LogP contribution in [0.15, 0.2) is 42.5 Å². The van der Waals surface area contributed by atoms with E-state index in [4.69, 9.17) is 4.74 Å². The van der Waals surface area contributed by atoms with Crippen molar-refractivity contribution in [2.75, 3.05) is 0 Å². The first-order valence-electron chi connectivity index (χ1n) is 11.7. The number of hydrogen-bond donors (Lipinski definition) is 0. The van der Waals surface area contributed by atoms with Crippen molar-refractivity contribution < 1.29 is 15.3 Å².